The predicted octanol–water partition coefficient (Wildman–Crippen LogP) is 3.56. The lowest BCUT2D eigenvalue weighted by Crippen LogP contribution is -2.46. The van der Waals surface area contributed by atoms with Crippen molar-refractivity contribution in [3.05, 3.63) is 54.1 Å². The minimum Gasteiger partial charge on any atom is -0.354 e. The van der Waals surface area contributed by atoms with E-state index in [-0.39, 0.29) is 30.0 Å². The zero-order chi connectivity index (χ0) is 23.7. The van der Waals surface area contributed by atoms with E-state index in [0.717, 1.165) is 34.6 Å². The van der Waals surface area contributed by atoms with Crippen molar-refractivity contribution in [3.63, 3.8) is 0 Å². The molecule has 182 valence electrons. The number of halogens is 2. The first-order valence-corrected chi connectivity index (χ1v) is 11.6. The van der Waals surface area contributed by atoms with E-state index in [0.29, 0.717) is 30.0 Å². The molecule has 4 aromatic rings. The first-order valence-electron chi connectivity index (χ1n) is 10.8. The van der Waals surface area contributed by atoms with E-state index in [1.807, 2.05) is 37.2 Å². The number of pyridine rings is 1. The Hall–Kier alpha value is -3.41. The number of nitrogens with one attached hydrogen (secondary N) is 2. The molecule has 1 aliphatic rings. The lowest BCUT2D eigenvalue weighted by Gasteiger charge is -2.27. The molecule has 0 atom stereocenters. The molecule has 0 spiro atoms. The summed E-state index contributed by atoms with van der Waals surface area (Å²) in [4.78, 5) is 33.7. The van der Waals surface area contributed by atoms with Crippen molar-refractivity contribution >= 4 is 56.8 Å². The standard InChI is InChI=1S/C23H23FN8OS.ClH/c1-31(2)23-28-17-11-14(3-5-18(17)34-23)20-16(24)13-27-22(30-20)29-19-6-4-15(12-26-19)21(33)32-9-7-25-8-10-32;/h3-6,11-13,25H,7-10H2,1-2H3,(H,26,27,29,30);1H. The zero-order valence-electron chi connectivity index (χ0n) is 19.2. The summed E-state index contributed by atoms with van der Waals surface area (Å²) >= 11 is 1.57. The number of carbonyl (C=O) groups excluding carboxylic acids is 1. The van der Waals surface area contributed by atoms with Gasteiger partial charge in [0.15, 0.2) is 10.9 Å². The second-order valence-electron chi connectivity index (χ2n) is 8.06. The van der Waals surface area contributed by atoms with Gasteiger partial charge in [-0.2, -0.15) is 0 Å². The third-order valence-corrected chi connectivity index (χ3v) is 6.64. The van der Waals surface area contributed by atoms with Gasteiger partial charge in [0.2, 0.25) is 5.95 Å². The molecular weight excluding hydrogens is 491 g/mol. The Balaban J connectivity index is 0.00000289. The highest BCUT2D eigenvalue weighted by Gasteiger charge is 2.18. The van der Waals surface area contributed by atoms with Crippen LogP contribution in [0.4, 0.5) is 21.3 Å². The Labute approximate surface area is 211 Å². The zero-order valence-corrected chi connectivity index (χ0v) is 20.8. The number of carbonyl (C=O) groups is 1. The third-order valence-electron chi connectivity index (χ3n) is 5.43. The van der Waals surface area contributed by atoms with E-state index in [1.165, 1.54) is 6.20 Å². The predicted molar refractivity (Wildman–Crippen MR) is 138 cm³/mol. The topological polar surface area (TPSA) is 99.2 Å². The molecule has 1 aliphatic heterocycles. The van der Waals surface area contributed by atoms with Crippen LogP contribution in [0, 0.1) is 5.82 Å². The second-order valence-corrected chi connectivity index (χ2v) is 9.07. The van der Waals surface area contributed by atoms with E-state index in [4.69, 9.17) is 0 Å². The summed E-state index contributed by atoms with van der Waals surface area (Å²) in [5.41, 5.74) is 2.08. The molecule has 0 aliphatic carbocycles. The highest BCUT2D eigenvalue weighted by molar-refractivity contribution is 7.22. The molecule has 1 aromatic carbocycles. The Morgan fingerprint density at radius 3 is 2.63 bits per heavy atom. The molecule has 0 bridgehead atoms. The molecule has 4 heterocycles. The maximum atomic E-state index is 14.6. The van der Waals surface area contributed by atoms with E-state index in [1.54, 1.807) is 28.4 Å². The van der Waals surface area contributed by atoms with Gasteiger partial charge in [0, 0.05) is 52.0 Å². The number of piperazine rings is 1. The van der Waals surface area contributed by atoms with Gasteiger partial charge in [-0.25, -0.2) is 24.3 Å². The van der Waals surface area contributed by atoms with Crippen LogP contribution >= 0.6 is 23.7 Å². The fraction of sp³-hybridized carbons (Fsp3) is 0.261. The molecule has 1 saturated heterocycles. The van der Waals surface area contributed by atoms with Crippen molar-refractivity contribution in [1.82, 2.24) is 30.2 Å². The molecule has 2 N–H and O–H groups in total. The number of hydrogen-bond acceptors (Lipinski definition) is 9. The van der Waals surface area contributed by atoms with Gasteiger partial charge in [0.1, 0.15) is 11.5 Å². The first kappa shape index (κ1) is 24.7. The van der Waals surface area contributed by atoms with E-state index in [2.05, 4.69) is 30.6 Å². The maximum absolute atomic E-state index is 14.6. The van der Waals surface area contributed by atoms with E-state index >= 15 is 0 Å². The van der Waals surface area contributed by atoms with Gasteiger partial charge in [-0.1, -0.05) is 17.4 Å². The minimum atomic E-state index is -0.530. The lowest BCUT2D eigenvalue weighted by atomic mass is 10.1. The normalized spacial score (nSPS) is 13.4. The summed E-state index contributed by atoms with van der Waals surface area (Å²) in [5, 5.41) is 7.09. The number of nitrogens with zero attached hydrogens (tertiary/aromatic N) is 6. The molecule has 0 radical (unpaired) electrons. The van der Waals surface area contributed by atoms with Crippen LogP contribution in [-0.4, -0.2) is 71.0 Å². The molecule has 9 nitrogen and oxygen atoms in total. The van der Waals surface area contributed by atoms with Crippen LogP contribution in [-0.2, 0) is 0 Å². The smallest absolute Gasteiger partial charge is 0.255 e. The van der Waals surface area contributed by atoms with Crippen LogP contribution in [0.15, 0.2) is 42.7 Å². The molecule has 1 fully saturated rings. The second kappa shape index (κ2) is 10.5. The van der Waals surface area contributed by atoms with E-state index in [9.17, 15) is 9.18 Å². The van der Waals surface area contributed by atoms with Crippen molar-refractivity contribution in [1.29, 1.82) is 0 Å². The summed E-state index contributed by atoms with van der Waals surface area (Å²) in [6.45, 7) is 2.92. The van der Waals surface area contributed by atoms with Gasteiger partial charge in [-0.15, -0.1) is 12.4 Å². The highest BCUT2D eigenvalue weighted by Crippen LogP contribution is 2.31. The fourth-order valence-corrected chi connectivity index (χ4v) is 4.51. The highest BCUT2D eigenvalue weighted by atomic mass is 35.5. The Kier molecular flexibility index (Phi) is 7.39. The number of benzene rings is 1. The van der Waals surface area contributed by atoms with Crippen LogP contribution in [0.3, 0.4) is 0 Å². The van der Waals surface area contributed by atoms with Crippen LogP contribution < -0.4 is 15.5 Å². The number of hydrogen-bond donors (Lipinski definition) is 2. The number of fused-ring (bicyclic) bond motifs is 1. The average Bonchev–Trinajstić information content (AvgIpc) is 3.30. The van der Waals surface area contributed by atoms with Gasteiger partial charge < -0.3 is 20.4 Å². The average molecular weight is 515 g/mol. The molecule has 0 saturated carbocycles. The third kappa shape index (κ3) is 5.31. The molecular formula is C23H24ClFN8OS. The van der Waals surface area contributed by atoms with Crippen molar-refractivity contribution in [2.24, 2.45) is 0 Å². The summed E-state index contributed by atoms with van der Waals surface area (Å²) in [7, 11) is 3.87. The fourth-order valence-electron chi connectivity index (χ4n) is 3.64. The maximum Gasteiger partial charge on any atom is 0.255 e. The van der Waals surface area contributed by atoms with Crippen LogP contribution in [0.5, 0.6) is 0 Å². The molecule has 1 amide bonds. The minimum absolute atomic E-state index is 0. The number of anilines is 3. The van der Waals surface area contributed by atoms with Crippen molar-refractivity contribution < 1.29 is 9.18 Å². The molecule has 3 aromatic heterocycles. The van der Waals surface area contributed by atoms with Gasteiger partial charge in [-0.3, -0.25) is 4.79 Å². The quantitative estimate of drug-likeness (QED) is 0.417. The van der Waals surface area contributed by atoms with Crippen molar-refractivity contribution in [2.75, 3.05) is 50.5 Å². The van der Waals surface area contributed by atoms with Gasteiger partial charge >= 0.3 is 0 Å². The Morgan fingerprint density at radius 2 is 1.91 bits per heavy atom. The van der Waals surface area contributed by atoms with Gasteiger partial charge in [-0.05, 0) is 24.3 Å². The summed E-state index contributed by atoms with van der Waals surface area (Å²) in [5.74, 6) is 0.0889. The molecule has 5 rings (SSSR count). The van der Waals surface area contributed by atoms with E-state index < -0.39 is 5.82 Å². The SMILES string of the molecule is CN(C)c1nc2cc(-c3nc(Nc4ccc(C(=O)N5CCNCC5)cn4)ncc3F)ccc2s1.Cl. The van der Waals surface area contributed by atoms with Gasteiger partial charge in [0.25, 0.3) is 5.91 Å². The number of thiazole rings is 1. The lowest BCUT2D eigenvalue weighted by molar-refractivity contribution is 0.0735. The van der Waals surface area contributed by atoms with Gasteiger partial charge in [0.05, 0.1) is 22.0 Å². The molecule has 0 unspecified atom stereocenters. The number of amides is 1. The summed E-state index contributed by atoms with van der Waals surface area (Å²) in [6.07, 6.45) is 2.65. The monoisotopic (exact) mass is 514 g/mol. The van der Waals surface area contributed by atoms with Crippen LogP contribution in [0.25, 0.3) is 21.5 Å². The van der Waals surface area contributed by atoms with Crippen LogP contribution in [0.2, 0.25) is 0 Å². The first-order chi connectivity index (χ1) is 16.5. The summed E-state index contributed by atoms with van der Waals surface area (Å²) < 4.78 is 15.6. The Morgan fingerprint density at radius 1 is 1.11 bits per heavy atom. The van der Waals surface area contributed by atoms with Crippen LogP contribution in [0.1, 0.15) is 10.4 Å². The van der Waals surface area contributed by atoms with Crippen molar-refractivity contribution in [3.8, 4) is 11.3 Å². The molecule has 35 heavy (non-hydrogen) atoms. The largest absolute Gasteiger partial charge is 0.354 e. The Bertz CT molecular complexity index is 1340. The summed E-state index contributed by atoms with van der Waals surface area (Å²) in [6, 6.07) is 8.96. The van der Waals surface area contributed by atoms with Crippen molar-refractivity contribution in [2.45, 2.75) is 0 Å². The molecule has 12 heteroatoms. The number of aromatic nitrogens is 4. The number of rotatable bonds is 5.